The highest BCUT2D eigenvalue weighted by Crippen LogP contribution is 2.28. The summed E-state index contributed by atoms with van der Waals surface area (Å²) in [7, 11) is 0. The molecule has 0 unspecified atom stereocenters. The summed E-state index contributed by atoms with van der Waals surface area (Å²) in [6.45, 7) is 3.62. The van der Waals surface area contributed by atoms with Crippen molar-refractivity contribution in [2.45, 2.75) is 44.9 Å². The molecule has 3 aliphatic rings. The lowest BCUT2D eigenvalue weighted by Crippen LogP contribution is -2.39. The molecule has 1 aromatic carbocycles. The van der Waals surface area contributed by atoms with E-state index in [4.69, 9.17) is 4.74 Å². The second-order valence-electron chi connectivity index (χ2n) is 7.76. The summed E-state index contributed by atoms with van der Waals surface area (Å²) in [5, 5.41) is 0. The first-order valence-corrected chi connectivity index (χ1v) is 10.0. The minimum Gasteiger partial charge on any atom is -0.493 e. The van der Waals surface area contributed by atoms with Gasteiger partial charge in [0.05, 0.1) is 13.0 Å². The van der Waals surface area contributed by atoms with Gasteiger partial charge in [-0.1, -0.05) is 25.0 Å². The zero-order chi connectivity index (χ0) is 17.9. The highest BCUT2D eigenvalue weighted by molar-refractivity contribution is 5.80. The van der Waals surface area contributed by atoms with E-state index >= 15 is 0 Å². The predicted octanol–water partition coefficient (Wildman–Crippen LogP) is 2.42. The summed E-state index contributed by atoms with van der Waals surface area (Å²) >= 11 is 0. The van der Waals surface area contributed by atoms with Crippen molar-refractivity contribution in [2.75, 3.05) is 32.8 Å². The molecule has 2 amide bonds. The SMILES string of the molecule is O=C(Cc1ccc2c(c1)CCO2)N1CCCN(C(=O)C2CCCC2)CC1. The van der Waals surface area contributed by atoms with Crippen LogP contribution < -0.4 is 4.74 Å². The molecule has 4 rings (SSSR count). The van der Waals surface area contributed by atoms with Crippen LogP contribution in [0.25, 0.3) is 0 Å². The van der Waals surface area contributed by atoms with Gasteiger partial charge in [0.25, 0.3) is 0 Å². The molecular weight excluding hydrogens is 328 g/mol. The van der Waals surface area contributed by atoms with Crippen molar-refractivity contribution in [3.05, 3.63) is 29.3 Å². The van der Waals surface area contributed by atoms with Gasteiger partial charge < -0.3 is 14.5 Å². The first kappa shape index (κ1) is 17.4. The highest BCUT2D eigenvalue weighted by atomic mass is 16.5. The van der Waals surface area contributed by atoms with Gasteiger partial charge >= 0.3 is 0 Å². The molecule has 26 heavy (non-hydrogen) atoms. The van der Waals surface area contributed by atoms with Crippen molar-refractivity contribution in [3.63, 3.8) is 0 Å². The minimum absolute atomic E-state index is 0.166. The van der Waals surface area contributed by atoms with Crippen LogP contribution in [0.4, 0.5) is 0 Å². The van der Waals surface area contributed by atoms with Gasteiger partial charge in [0.1, 0.15) is 5.75 Å². The lowest BCUT2D eigenvalue weighted by molar-refractivity contribution is -0.136. The van der Waals surface area contributed by atoms with Crippen LogP contribution in [0.1, 0.15) is 43.2 Å². The molecule has 5 nitrogen and oxygen atoms in total. The lowest BCUT2D eigenvalue weighted by Gasteiger charge is -2.24. The first-order valence-electron chi connectivity index (χ1n) is 10.0. The Hall–Kier alpha value is -2.04. The second-order valence-corrected chi connectivity index (χ2v) is 7.76. The fourth-order valence-corrected chi connectivity index (χ4v) is 4.45. The van der Waals surface area contributed by atoms with Gasteiger partial charge in [0.2, 0.25) is 11.8 Å². The lowest BCUT2D eigenvalue weighted by atomic mass is 10.1. The zero-order valence-corrected chi connectivity index (χ0v) is 15.4. The maximum atomic E-state index is 12.7. The molecule has 0 atom stereocenters. The molecule has 0 aromatic heterocycles. The van der Waals surface area contributed by atoms with Crippen molar-refractivity contribution in [2.24, 2.45) is 5.92 Å². The van der Waals surface area contributed by atoms with Gasteiger partial charge in [-0.2, -0.15) is 0 Å². The molecular formula is C21H28N2O3. The van der Waals surface area contributed by atoms with Crippen molar-refractivity contribution < 1.29 is 14.3 Å². The fourth-order valence-electron chi connectivity index (χ4n) is 4.45. The van der Waals surface area contributed by atoms with Gasteiger partial charge in [-0.15, -0.1) is 0 Å². The van der Waals surface area contributed by atoms with Gasteiger partial charge in [-0.25, -0.2) is 0 Å². The summed E-state index contributed by atoms with van der Waals surface area (Å²) in [4.78, 5) is 29.3. The third-order valence-electron chi connectivity index (χ3n) is 5.97. The number of ether oxygens (including phenoxy) is 1. The molecule has 1 aliphatic carbocycles. The molecule has 1 saturated heterocycles. The van der Waals surface area contributed by atoms with Crippen LogP contribution in [0, 0.1) is 5.92 Å². The number of benzene rings is 1. The van der Waals surface area contributed by atoms with Crippen LogP contribution in [0.2, 0.25) is 0 Å². The van der Waals surface area contributed by atoms with Gasteiger partial charge in [-0.3, -0.25) is 9.59 Å². The Morgan fingerprint density at radius 2 is 1.77 bits per heavy atom. The Balaban J connectivity index is 1.33. The van der Waals surface area contributed by atoms with E-state index in [1.807, 2.05) is 21.9 Å². The van der Waals surface area contributed by atoms with Crippen LogP contribution in [0.5, 0.6) is 5.75 Å². The standard InChI is InChI=1S/C21H28N2O3/c24-20(15-16-6-7-19-18(14-16)8-13-26-19)22-9-3-10-23(12-11-22)21(25)17-4-1-2-5-17/h6-7,14,17H,1-5,8-13,15H2. The third-order valence-corrected chi connectivity index (χ3v) is 5.97. The number of fused-ring (bicyclic) bond motifs is 1. The van der Waals surface area contributed by atoms with Crippen molar-refractivity contribution >= 4 is 11.8 Å². The molecule has 2 fully saturated rings. The van der Waals surface area contributed by atoms with E-state index in [1.54, 1.807) is 0 Å². The van der Waals surface area contributed by atoms with E-state index < -0.39 is 0 Å². The number of amides is 2. The molecule has 1 saturated carbocycles. The average Bonchev–Trinajstić information content (AvgIpc) is 3.28. The fraction of sp³-hybridized carbons (Fsp3) is 0.619. The number of carbonyl (C=O) groups excluding carboxylic acids is 2. The minimum atomic E-state index is 0.166. The van der Waals surface area contributed by atoms with E-state index in [2.05, 4.69) is 6.07 Å². The van der Waals surface area contributed by atoms with Gasteiger partial charge in [0.15, 0.2) is 0 Å². The van der Waals surface area contributed by atoms with Crippen molar-refractivity contribution in [3.8, 4) is 5.75 Å². The molecule has 2 heterocycles. The predicted molar refractivity (Wildman–Crippen MR) is 99.1 cm³/mol. The number of hydrogen-bond acceptors (Lipinski definition) is 3. The van der Waals surface area contributed by atoms with Gasteiger partial charge in [0, 0.05) is 38.5 Å². The summed E-state index contributed by atoms with van der Waals surface area (Å²) in [5.74, 6) is 1.66. The van der Waals surface area contributed by atoms with Crippen LogP contribution in [-0.2, 0) is 22.4 Å². The Morgan fingerprint density at radius 1 is 1.00 bits per heavy atom. The van der Waals surface area contributed by atoms with E-state index in [-0.39, 0.29) is 11.8 Å². The Bertz CT molecular complexity index is 682. The molecule has 0 spiro atoms. The van der Waals surface area contributed by atoms with Crippen LogP contribution in [0.3, 0.4) is 0 Å². The zero-order valence-electron chi connectivity index (χ0n) is 15.4. The number of carbonyl (C=O) groups is 2. The van der Waals surface area contributed by atoms with E-state index in [0.717, 1.165) is 56.7 Å². The van der Waals surface area contributed by atoms with E-state index in [1.165, 1.54) is 18.4 Å². The highest BCUT2D eigenvalue weighted by Gasteiger charge is 2.29. The first-order chi connectivity index (χ1) is 12.7. The van der Waals surface area contributed by atoms with Crippen LogP contribution in [-0.4, -0.2) is 54.4 Å². The number of hydrogen-bond donors (Lipinski definition) is 0. The monoisotopic (exact) mass is 356 g/mol. The normalized spacial score (nSPS) is 20.6. The van der Waals surface area contributed by atoms with Gasteiger partial charge in [-0.05, 0) is 36.5 Å². The van der Waals surface area contributed by atoms with Crippen LogP contribution in [0.15, 0.2) is 18.2 Å². The molecule has 1 aromatic rings. The molecule has 2 aliphatic heterocycles. The smallest absolute Gasteiger partial charge is 0.227 e. The Labute approximate surface area is 155 Å². The molecule has 0 radical (unpaired) electrons. The van der Waals surface area contributed by atoms with E-state index in [0.29, 0.717) is 25.4 Å². The van der Waals surface area contributed by atoms with E-state index in [9.17, 15) is 9.59 Å². The van der Waals surface area contributed by atoms with Crippen LogP contribution >= 0.6 is 0 Å². The Morgan fingerprint density at radius 3 is 2.62 bits per heavy atom. The second kappa shape index (κ2) is 7.68. The summed E-state index contributed by atoms with van der Waals surface area (Å²) in [5.41, 5.74) is 2.27. The molecule has 0 bridgehead atoms. The molecule has 0 N–H and O–H groups in total. The van der Waals surface area contributed by atoms with Crippen molar-refractivity contribution in [1.82, 2.24) is 9.80 Å². The number of nitrogens with zero attached hydrogens (tertiary/aromatic N) is 2. The average molecular weight is 356 g/mol. The topological polar surface area (TPSA) is 49.9 Å². The molecule has 5 heteroatoms. The van der Waals surface area contributed by atoms with Crippen molar-refractivity contribution in [1.29, 1.82) is 0 Å². The maximum absolute atomic E-state index is 12.7. The number of rotatable bonds is 3. The molecule has 140 valence electrons. The third kappa shape index (κ3) is 3.71. The summed E-state index contributed by atoms with van der Waals surface area (Å²) < 4.78 is 5.53. The summed E-state index contributed by atoms with van der Waals surface area (Å²) in [6.07, 6.45) is 6.69. The quantitative estimate of drug-likeness (QED) is 0.836. The maximum Gasteiger partial charge on any atom is 0.227 e. The summed E-state index contributed by atoms with van der Waals surface area (Å²) in [6, 6.07) is 6.08. The largest absolute Gasteiger partial charge is 0.493 e. The Kier molecular flexibility index (Phi) is 5.14.